The Hall–Kier alpha value is -0.130. The predicted molar refractivity (Wildman–Crippen MR) is 66.9 cm³/mol. The van der Waals surface area contributed by atoms with Gasteiger partial charge in [0.05, 0.1) is 5.75 Å². The van der Waals surface area contributed by atoms with Gasteiger partial charge in [0.15, 0.2) is 0 Å². The van der Waals surface area contributed by atoms with E-state index in [1.165, 1.54) is 39.2 Å². The van der Waals surface area contributed by atoms with E-state index < -0.39 is 10.0 Å². The third-order valence-corrected chi connectivity index (χ3v) is 4.87. The van der Waals surface area contributed by atoms with Crippen LogP contribution < -0.4 is 10.0 Å². The zero-order valence-electron chi connectivity index (χ0n) is 10.3. The summed E-state index contributed by atoms with van der Waals surface area (Å²) in [6, 6.07) is 0.437. The lowest BCUT2D eigenvalue weighted by Gasteiger charge is -2.28. The van der Waals surface area contributed by atoms with E-state index >= 15 is 0 Å². The van der Waals surface area contributed by atoms with E-state index in [9.17, 15) is 8.42 Å². The second kappa shape index (κ2) is 6.57. The van der Waals surface area contributed by atoms with E-state index in [-0.39, 0.29) is 5.75 Å². The van der Waals surface area contributed by atoms with Crippen molar-refractivity contribution in [2.75, 3.05) is 19.3 Å². The van der Waals surface area contributed by atoms with Gasteiger partial charge in [-0.2, -0.15) is 0 Å². The standard InChI is InChI=1S/C11H24N2O2S/c1-10(11-6-4-3-5-7-11)13-8-9-16(14,15)12-2/h10-13H,3-9H2,1-2H3. The van der Waals surface area contributed by atoms with E-state index in [4.69, 9.17) is 0 Å². The van der Waals surface area contributed by atoms with Gasteiger partial charge in [0.25, 0.3) is 0 Å². The maximum atomic E-state index is 11.2. The highest BCUT2D eigenvalue weighted by Crippen LogP contribution is 2.26. The van der Waals surface area contributed by atoms with Crippen molar-refractivity contribution in [3.63, 3.8) is 0 Å². The minimum Gasteiger partial charge on any atom is -0.313 e. The Bertz CT molecular complexity index is 284. The highest BCUT2D eigenvalue weighted by atomic mass is 32.2. The van der Waals surface area contributed by atoms with Crippen molar-refractivity contribution in [3.05, 3.63) is 0 Å². The lowest BCUT2D eigenvalue weighted by atomic mass is 9.84. The van der Waals surface area contributed by atoms with Gasteiger partial charge < -0.3 is 5.32 Å². The maximum Gasteiger partial charge on any atom is 0.212 e. The minimum atomic E-state index is -3.06. The molecule has 1 aliphatic carbocycles. The summed E-state index contributed by atoms with van der Waals surface area (Å²) in [5.41, 5.74) is 0. The fourth-order valence-electron chi connectivity index (χ4n) is 2.32. The Morgan fingerprint density at radius 3 is 2.44 bits per heavy atom. The predicted octanol–water partition coefficient (Wildman–Crippen LogP) is 1.09. The van der Waals surface area contributed by atoms with Gasteiger partial charge in [-0.15, -0.1) is 0 Å². The van der Waals surface area contributed by atoms with Crippen LogP contribution in [0.25, 0.3) is 0 Å². The summed E-state index contributed by atoms with van der Waals surface area (Å²) < 4.78 is 24.7. The van der Waals surface area contributed by atoms with Crippen LogP contribution in [0.3, 0.4) is 0 Å². The van der Waals surface area contributed by atoms with Crippen LogP contribution in [0.1, 0.15) is 39.0 Å². The molecule has 0 aromatic heterocycles. The number of rotatable bonds is 6. The van der Waals surface area contributed by atoms with Crippen molar-refractivity contribution in [1.29, 1.82) is 0 Å². The van der Waals surface area contributed by atoms with Gasteiger partial charge in [-0.1, -0.05) is 19.3 Å². The van der Waals surface area contributed by atoms with Crippen LogP contribution in [0.4, 0.5) is 0 Å². The van der Waals surface area contributed by atoms with E-state index in [2.05, 4.69) is 17.0 Å². The molecule has 0 spiro atoms. The number of sulfonamides is 1. The normalized spacial score (nSPS) is 20.9. The second-order valence-electron chi connectivity index (χ2n) is 4.66. The van der Waals surface area contributed by atoms with Crippen LogP contribution in [-0.2, 0) is 10.0 Å². The van der Waals surface area contributed by atoms with E-state index in [1.807, 2.05) is 0 Å². The molecule has 96 valence electrons. The number of hydrogen-bond acceptors (Lipinski definition) is 3. The molecule has 4 nitrogen and oxygen atoms in total. The van der Waals surface area contributed by atoms with Gasteiger partial charge in [0, 0.05) is 12.6 Å². The van der Waals surface area contributed by atoms with Crippen molar-refractivity contribution in [3.8, 4) is 0 Å². The van der Waals surface area contributed by atoms with Crippen molar-refractivity contribution < 1.29 is 8.42 Å². The smallest absolute Gasteiger partial charge is 0.212 e. The van der Waals surface area contributed by atoms with Crippen molar-refractivity contribution in [1.82, 2.24) is 10.0 Å². The average Bonchev–Trinajstić information content (AvgIpc) is 2.30. The van der Waals surface area contributed by atoms with E-state index in [0.717, 1.165) is 5.92 Å². The Morgan fingerprint density at radius 1 is 1.25 bits per heavy atom. The minimum absolute atomic E-state index is 0.167. The van der Waals surface area contributed by atoms with Crippen molar-refractivity contribution >= 4 is 10.0 Å². The third kappa shape index (κ3) is 4.80. The second-order valence-corrected chi connectivity index (χ2v) is 6.71. The quantitative estimate of drug-likeness (QED) is 0.740. The monoisotopic (exact) mass is 248 g/mol. The van der Waals surface area contributed by atoms with Gasteiger partial charge in [-0.3, -0.25) is 0 Å². The summed E-state index contributed by atoms with van der Waals surface area (Å²) in [6.07, 6.45) is 6.58. The molecule has 1 aliphatic rings. The maximum absolute atomic E-state index is 11.2. The number of nitrogens with one attached hydrogen (secondary N) is 2. The first-order valence-electron chi connectivity index (χ1n) is 6.20. The molecule has 0 aliphatic heterocycles. The molecule has 0 aromatic carbocycles. The zero-order chi connectivity index (χ0) is 12.0. The Labute approximate surface area is 99.2 Å². The molecule has 0 saturated heterocycles. The van der Waals surface area contributed by atoms with E-state index in [0.29, 0.717) is 12.6 Å². The molecular weight excluding hydrogens is 224 g/mol. The first-order valence-corrected chi connectivity index (χ1v) is 7.85. The summed E-state index contributed by atoms with van der Waals surface area (Å²) in [4.78, 5) is 0. The van der Waals surface area contributed by atoms with Gasteiger partial charge in [-0.05, 0) is 32.7 Å². The Kier molecular flexibility index (Phi) is 5.72. The lowest BCUT2D eigenvalue weighted by molar-refractivity contribution is 0.285. The topological polar surface area (TPSA) is 58.2 Å². The van der Waals surface area contributed by atoms with Crippen LogP contribution in [-0.4, -0.2) is 33.8 Å². The van der Waals surface area contributed by atoms with Crippen LogP contribution in [0, 0.1) is 5.92 Å². The van der Waals surface area contributed by atoms with Crippen LogP contribution in [0.5, 0.6) is 0 Å². The van der Waals surface area contributed by atoms with Gasteiger partial charge in [0.2, 0.25) is 10.0 Å². The van der Waals surface area contributed by atoms with Crippen LogP contribution in [0.15, 0.2) is 0 Å². The fraction of sp³-hybridized carbons (Fsp3) is 1.00. The molecule has 1 unspecified atom stereocenters. The molecule has 0 aromatic rings. The third-order valence-electron chi connectivity index (χ3n) is 3.51. The zero-order valence-corrected chi connectivity index (χ0v) is 11.1. The largest absolute Gasteiger partial charge is 0.313 e. The average molecular weight is 248 g/mol. The molecule has 0 amide bonds. The molecule has 0 radical (unpaired) electrons. The molecule has 5 heteroatoms. The van der Waals surface area contributed by atoms with E-state index in [1.54, 1.807) is 0 Å². The highest BCUT2D eigenvalue weighted by molar-refractivity contribution is 7.89. The molecule has 1 fully saturated rings. The van der Waals surface area contributed by atoms with Gasteiger partial charge in [-0.25, -0.2) is 13.1 Å². The Morgan fingerprint density at radius 2 is 1.88 bits per heavy atom. The molecule has 1 saturated carbocycles. The first-order chi connectivity index (χ1) is 7.55. The molecule has 0 bridgehead atoms. The molecule has 16 heavy (non-hydrogen) atoms. The molecular formula is C11H24N2O2S. The summed E-state index contributed by atoms with van der Waals surface area (Å²) in [7, 11) is -1.60. The molecule has 0 heterocycles. The number of hydrogen-bond donors (Lipinski definition) is 2. The van der Waals surface area contributed by atoms with Crippen LogP contribution in [0.2, 0.25) is 0 Å². The lowest BCUT2D eigenvalue weighted by Crippen LogP contribution is -2.38. The van der Waals surface area contributed by atoms with Gasteiger partial charge >= 0.3 is 0 Å². The van der Waals surface area contributed by atoms with Crippen molar-refractivity contribution in [2.45, 2.75) is 45.1 Å². The molecule has 2 N–H and O–H groups in total. The molecule has 1 atom stereocenters. The SMILES string of the molecule is CNS(=O)(=O)CCNC(C)C1CCCCC1. The summed E-state index contributed by atoms with van der Waals surface area (Å²) in [5, 5.41) is 3.32. The summed E-state index contributed by atoms with van der Waals surface area (Å²) in [5.74, 6) is 0.895. The Balaban J connectivity index is 2.21. The van der Waals surface area contributed by atoms with Crippen molar-refractivity contribution in [2.24, 2.45) is 5.92 Å². The summed E-state index contributed by atoms with van der Waals surface area (Å²) >= 11 is 0. The highest BCUT2D eigenvalue weighted by Gasteiger charge is 2.19. The summed E-state index contributed by atoms with van der Waals surface area (Å²) in [6.45, 7) is 2.71. The van der Waals surface area contributed by atoms with Gasteiger partial charge in [0.1, 0.15) is 0 Å². The fourth-order valence-corrected chi connectivity index (χ4v) is 2.91. The first kappa shape index (κ1) is 13.9. The van der Waals surface area contributed by atoms with Crippen LogP contribution >= 0.6 is 0 Å². The molecule has 1 rings (SSSR count).